The Hall–Kier alpha value is -1.63. The highest BCUT2D eigenvalue weighted by Gasteiger charge is 2.19. The van der Waals surface area contributed by atoms with Gasteiger partial charge in [0.25, 0.3) is 0 Å². The van der Waals surface area contributed by atoms with Gasteiger partial charge < -0.3 is 15.0 Å². The Morgan fingerprint density at radius 3 is 2.52 bits per heavy atom. The number of unbranched alkanes of at least 4 members (excludes halogenated alkanes) is 1. The van der Waals surface area contributed by atoms with Crippen molar-refractivity contribution in [1.29, 1.82) is 0 Å². The van der Waals surface area contributed by atoms with Crippen LogP contribution in [0.25, 0.3) is 0 Å². The largest absolute Gasteiger partial charge is 0.480 e. The Balaban J connectivity index is 2.56. The smallest absolute Gasteiger partial charge is 0.326 e. The number of aliphatic carboxylic acids is 1. The zero-order valence-electron chi connectivity index (χ0n) is 12.6. The normalized spacial score (nSPS) is 12.1. The quantitative estimate of drug-likeness (QED) is 0.764. The number of aromatic nitrogens is 1. The molecule has 1 rings (SSSR count). The van der Waals surface area contributed by atoms with Crippen LogP contribution in [0.1, 0.15) is 43.2 Å². The fourth-order valence-corrected chi connectivity index (χ4v) is 2.85. The van der Waals surface area contributed by atoms with Crippen LogP contribution in [0.5, 0.6) is 0 Å². The van der Waals surface area contributed by atoms with Gasteiger partial charge in [0, 0.05) is 23.5 Å². The van der Waals surface area contributed by atoms with E-state index in [0.29, 0.717) is 6.42 Å². The molecule has 6 nitrogen and oxygen atoms in total. The maximum absolute atomic E-state index is 11.8. The van der Waals surface area contributed by atoms with E-state index in [-0.39, 0.29) is 23.7 Å². The van der Waals surface area contributed by atoms with E-state index in [1.54, 1.807) is 4.57 Å². The number of carboxylic acids is 1. The number of hydrogen-bond donors (Lipinski definition) is 2. The number of amides is 1. The van der Waals surface area contributed by atoms with E-state index in [4.69, 9.17) is 5.11 Å². The minimum atomic E-state index is -1.02. The molecule has 0 aliphatic heterocycles. The van der Waals surface area contributed by atoms with Gasteiger partial charge in [0.15, 0.2) is 0 Å². The van der Waals surface area contributed by atoms with Crippen LogP contribution in [-0.4, -0.2) is 27.6 Å². The van der Waals surface area contributed by atoms with Crippen molar-refractivity contribution < 1.29 is 14.7 Å². The van der Waals surface area contributed by atoms with Crippen LogP contribution in [-0.2, 0) is 16.1 Å². The number of nitrogens with zero attached hydrogens (tertiary/aromatic N) is 1. The molecule has 1 heterocycles. The summed E-state index contributed by atoms with van der Waals surface area (Å²) in [6.45, 7) is 5.95. The average molecular weight is 314 g/mol. The summed E-state index contributed by atoms with van der Waals surface area (Å²) in [4.78, 5) is 35.4. The minimum Gasteiger partial charge on any atom is -0.480 e. The third-order valence-electron chi connectivity index (χ3n) is 3.42. The predicted molar refractivity (Wildman–Crippen MR) is 81.8 cm³/mol. The number of thiazole rings is 1. The zero-order chi connectivity index (χ0) is 16.0. The molecule has 7 heteroatoms. The van der Waals surface area contributed by atoms with Crippen LogP contribution in [0.15, 0.2) is 4.79 Å². The Kier molecular flexibility index (Phi) is 6.61. The van der Waals surface area contributed by atoms with E-state index < -0.39 is 12.0 Å². The van der Waals surface area contributed by atoms with Crippen LogP contribution in [0.4, 0.5) is 0 Å². The van der Waals surface area contributed by atoms with Gasteiger partial charge in [-0.1, -0.05) is 31.1 Å². The SMILES string of the molecule is CCCC[C@H](NC(=O)CCn1c(C)c(C)sc1=O)C(=O)O. The lowest BCUT2D eigenvalue weighted by molar-refractivity contribution is -0.142. The fraction of sp³-hybridized carbons (Fsp3) is 0.643. The van der Waals surface area contributed by atoms with Crippen molar-refractivity contribution in [3.63, 3.8) is 0 Å². The molecular weight excluding hydrogens is 292 g/mol. The molecule has 0 spiro atoms. The van der Waals surface area contributed by atoms with Crippen molar-refractivity contribution in [2.75, 3.05) is 0 Å². The lowest BCUT2D eigenvalue weighted by Gasteiger charge is -2.14. The Bertz CT molecular complexity index is 562. The first-order chi connectivity index (χ1) is 9.86. The van der Waals surface area contributed by atoms with E-state index in [9.17, 15) is 14.4 Å². The van der Waals surface area contributed by atoms with Crippen molar-refractivity contribution >= 4 is 23.2 Å². The summed E-state index contributed by atoms with van der Waals surface area (Å²) >= 11 is 1.16. The van der Waals surface area contributed by atoms with Crippen molar-refractivity contribution in [3.8, 4) is 0 Å². The molecule has 0 saturated carbocycles. The first kappa shape index (κ1) is 17.4. The Morgan fingerprint density at radius 2 is 2.05 bits per heavy atom. The number of rotatable bonds is 8. The minimum absolute atomic E-state index is 0.0847. The molecule has 2 N–H and O–H groups in total. The van der Waals surface area contributed by atoms with Gasteiger partial charge in [-0.3, -0.25) is 9.59 Å². The summed E-state index contributed by atoms with van der Waals surface area (Å²) in [6.07, 6.45) is 2.16. The maximum Gasteiger partial charge on any atom is 0.326 e. The van der Waals surface area contributed by atoms with Crippen LogP contribution in [0, 0.1) is 13.8 Å². The standard InChI is InChI=1S/C14H22N2O4S/c1-4-5-6-11(13(18)19)15-12(17)7-8-16-9(2)10(3)21-14(16)20/h11H,4-8H2,1-3H3,(H,15,17)(H,18,19)/t11-/m0/s1. The Morgan fingerprint density at radius 1 is 1.38 bits per heavy atom. The molecule has 0 aliphatic carbocycles. The lowest BCUT2D eigenvalue weighted by atomic mass is 10.1. The average Bonchev–Trinajstić information content (AvgIpc) is 2.66. The molecule has 1 amide bonds. The topological polar surface area (TPSA) is 88.4 Å². The summed E-state index contributed by atoms with van der Waals surface area (Å²) in [5, 5.41) is 11.6. The van der Waals surface area contributed by atoms with E-state index in [0.717, 1.165) is 34.7 Å². The molecule has 0 unspecified atom stereocenters. The molecule has 21 heavy (non-hydrogen) atoms. The van der Waals surface area contributed by atoms with Gasteiger partial charge in [0.2, 0.25) is 5.91 Å². The highest BCUT2D eigenvalue weighted by molar-refractivity contribution is 7.09. The summed E-state index contributed by atoms with van der Waals surface area (Å²) < 4.78 is 1.56. The first-order valence-electron chi connectivity index (χ1n) is 7.05. The monoisotopic (exact) mass is 314 g/mol. The molecule has 118 valence electrons. The van der Waals surface area contributed by atoms with Crippen molar-refractivity contribution in [3.05, 3.63) is 20.2 Å². The molecule has 0 bridgehead atoms. The number of carbonyl (C=O) groups is 2. The number of nitrogens with one attached hydrogen (secondary N) is 1. The second-order valence-corrected chi connectivity index (χ2v) is 6.18. The van der Waals surface area contributed by atoms with Gasteiger partial charge in [-0.2, -0.15) is 0 Å². The second-order valence-electron chi connectivity index (χ2n) is 5.01. The number of hydrogen-bond acceptors (Lipinski definition) is 4. The number of aryl methyl sites for hydroxylation is 1. The van der Waals surface area contributed by atoms with Crippen LogP contribution in [0.2, 0.25) is 0 Å². The summed E-state index contributed by atoms with van der Waals surface area (Å²) in [6, 6.07) is -0.848. The third kappa shape index (κ3) is 5.00. The summed E-state index contributed by atoms with van der Waals surface area (Å²) in [5.74, 6) is -1.36. The van der Waals surface area contributed by atoms with Gasteiger partial charge in [-0.15, -0.1) is 0 Å². The van der Waals surface area contributed by atoms with E-state index in [1.807, 2.05) is 20.8 Å². The van der Waals surface area contributed by atoms with E-state index in [1.165, 1.54) is 0 Å². The molecule has 1 atom stereocenters. The molecule has 0 fully saturated rings. The lowest BCUT2D eigenvalue weighted by Crippen LogP contribution is -2.41. The van der Waals surface area contributed by atoms with Gasteiger partial charge in [-0.05, 0) is 20.3 Å². The van der Waals surface area contributed by atoms with Crippen LogP contribution < -0.4 is 10.2 Å². The van der Waals surface area contributed by atoms with Crippen molar-refractivity contribution in [2.45, 2.75) is 59.0 Å². The third-order valence-corrected chi connectivity index (χ3v) is 4.41. The van der Waals surface area contributed by atoms with Gasteiger partial charge in [0.1, 0.15) is 6.04 Å². The molecule has 0 aliphatic rings. The zero-order valence-corrected chi connectivity index (χ0v) is 13.5. The highest BCUT2D eigenvalue weighted by atomic mass is 32.1. The first-order valence-corrected chi connectivity index (χ1v) is 7.87. The highest BCUT2D eigenvalue weighted by Crippen LogP contribution is 2.10. The maximum atomic E-state index is 11.8. The number of carboxylic acid groups (broad SMARTS) is 1. The van der Waals surface area contributed by atoms with Crippen molar-refractivity contribution in [1.82, 2.24) is 9.88 Å². The summed E-state index contributed by atoms with van der Waals surface area (Å²) in [5.41, 5.74) is 0.860. The molecule has 0 radical (unpaired) electrons. The molecule has 0 saturated heterocycles. The van der Waals surface area contributed by atoms with Crippen molar-refractivity contribution in [2.24, 2.45) is 0 Å². The van der Waals surface area contributed by atoms with Gasteiger partial charge >= 0.3 is 10.8 Å². The van der Waals surface area contributed by atoms with E-state index >= 15 is 0 Å². The van der Waals surface area contributed by atoms with Crippen LogP contribution in [0.3, 0.4) is 0 Å². The van der Waals surface area contributed by atoms with E-state index in [2.05, 4.69) is 5.32 Å². The predicted octanol–water partition coefficient (Wildman–Crippen LogP) is 1.68. The summed E-state index contributed by atoms with van der Waals surface area (Å²) in [7, 11) is 0. The molecule has 0 aromatic carbocycles. The second kappa shape index (κ2) is 7.97. The number of carbonyl (C=O) groups excluding carboxylic acids is 1. The van der Waals surface area contributed by atoms with Gasteiger partial charge in [-0.25, -0.2) is 4.79 Å². The molecular formula is C14H22N2O4S. The molecule has 1 aromatic heterocycles. The molecule has 1 aromatic rings. The Labute approximate surface area is 127 Å². The fourth-order valence-electron chi connectivity index (χ4n) is 1.99. The van der Waals surface area contributed by atoms with Gasteiger partial charge in [0.05, 0.1) is 0 Å². The van der Waals surface area contributed by atoms with Crippen LogP contribution >= 0.6 is 11.3 Å².